The minimum atomic E-state index is -4.08. The summed E-state index contributed by atoms with van der Waals surface area (Å²) in [5, 5.41) is 0. The first-order chi connectivity index (χ1) is 11.9. The fourth-order valence-electron chi connectivity index (χ4n) is 5.04. The van der Waals surface area contributed by atoms with Gasteiger partial charge >= 0.3 is 0 Å². The Balaban J connectivity index is 0.000000158. The van der Waals surface area contributed by atoms with E-state index in [1.165, 1.54) is 11.1 Å². The second-order valence-electron chi connectivity index (χ2n) is 8.47. The molecule has 5 nitrogen and oxygen atoms in total. The molecule has 1 aromatic rings. The van der Waals surface area contributed by atoms with Crippen molar-refractivity contribution < 1.29 is 17.8 Å². The van der Waals surface area contributed by atoms with Crippen LogP contribution in [0.15, 0.2) is 22.7 Å². The number of nitrogens with two attached hydrogens (primary N) is 1. The van der Waals surface area contributed by atoms with Crippen molar-refractivity contribution in [3.05, 3.63) is 33.8 Å². The molecule has 2 bridgehead atoms. The van der Waals surface area contributed by atoms with E-state index in [1.54, 1.807) is 0 Å². The molecule has 0 amide bonds. The third-order valence-corrected chi connectivity index (χ3v) is 8.05. The van der Waals surface area contributed by atoms with Crippen molar-refractivity contribution in [3.63, 3.8) is 0 Å². The second kappa shape index (κ2) is 6.69. The van der Waals surface area contributed by atoms with Crippen LogP contribution in [0, 0.1) is 16.7 Å². The van der Waals surface area contributed by atoms with E-state index in [-0.39, 0.29) is 17.1 Å². The zero-order chi connectivity index (χ0) is 19.3. The minimum absolute atomic E-state index is 0.0152. The third kappa shape index (κ3) is 3.51. The molecule has 0 radical (unpaired) electrons. The second-order valence-corrected chi connectivity index (χ2v) is 10.8. The van der Waals surface area contributed by atoms with E-state index in [4.69, 9.17) is 10.3 Å². The summed E-state index contributed by atoms with van der Waals surface area (Å²) >= 11 is 3.44. The van der Waals surface area contributed by atoms with E-state index in [1.807, 2.05) is 13.8 Å². The first-order valence-electron chi connectivity index (χ1n) is 8.96. The monoisotopic (exact) mass is 443 g/mol. The van der Waals surface area contributed by atoms with Gasteiger partial charge in [-0.15, -0.1) is 0 Å². The summed E-state index contributed by atoms with van der Waals surface area (Å²) < 4.78 is 32.1. The van der Waals surface area contributed by atoms with Crippen LogP contribution in [0.1, 0.15) is 44.2 Å². The molecule has 144 valence electrons. The van der Waals surface area contributed by atoms with Gasteiger partial charge in [0.05, 0.1) is 11.2 Å². The summed E-state index contributed by atoms with van der Waals surface area (Å²) in [4.78, 5) is 11.9. The number of halogens is 1. The molecular weight excluding hydrogens is 418 g/mol. The van der Waals surface area contributed by atoms with Crippen LogP contribution in [0.25, 0.3) is 0 Å². The van der Waals surface area contributed by atoms with Crippen LogP contribution in [-0.2, 0) is 27.8 Å². The summed E-state index contributed by atoms with van der Waals surface area (Å²) in [5.41, 5.74) is 7.53. The van der Waals surface area contributed by atoms with E-state index in [0.717, 1.165) is 23.7 Å². The highest BCUT2D eigenvalue weighted by Gasteiger charge is 2.65. The van der Waals surface area contributed by atoms with E-state index < -0.39 is 21.3 Å². The van der Waals surface area contributed by atoms with Crippen molar-refractivity contribution in [2.24, 2.45) is 22.5 Å². The van der Waals surface area contributed by atoms with Crippen LogP contribution < -0.4 is 5.73 Å². The topological polar surface area (TPSA) is 97.5 Å². The SMILES string of the molecule is CC1(C)C2CCC1(CS(=O)(=O)O)C(=O)C2.N[C@H]1Cc2ccc(Br)cc2C1. The van der Waals surface area contributed by atoms with Gasteiger partial charge in [0.2, 0.25) is 0 Å². The molecule has 26 heavy (non-hydrogen) atoms. The highest BCUT2D eigenvalue weighted by molar-refractivity contribution is 9.10. The average Bonchev–Trinajstić information content (AvgIpc) is 3.03. The van der Waals surface area contributed by atoms with Gasteiger partial charge in [-0.3, -0.25) is 9.35 Å². The molecule has 3 aliphatic rings. The van der Waals surface area contributed by atoms with E-state index in [9.17, 15) is 13.2 Å². The van der Waals surface area contributed by atoms with E-state index >= 15 is 0 Å². The Morgan fingerprint density at radius 1 is 1.23 bits per heavy atom. The predicted molar refractivity (Wildman–Crippen MR) is 105 cm³/mol. The molecule has 3 N–H and O–H groups in total. The lowest BCUT2D eigenvalue weighted by Gasteiger charge is -2.35. The molecule has 0 aliphatic heterocycles. The maximum Gasteiger partial charge on any atom is 0.265 e. The molecular formula is C19H26BrNO4S. The number of Topliss-reactive ketones (excluding diaryl/α,β-unsaturated/α-hetero) is 1. The number of hydrogen-bond acceptors (Lipinski definition) is 4. The molecule has 3 aliphatic carbocycles. The van der Waals surface area contributed by atoms with Crippen LogP contribution >= 0.6 is 15.9 Å². The lowest BCUT2D eigenvalue weighted by Crippen LogP contribution is -2.42. The minimum Gasteiger partial charge on any atom is -0.327 e. The summed E-state index contributed by atoms with van der Waals surface area (Å²) in [6.45, 7) is 3.89. The summed E-state index contributed by atoms with van der Waals surface area (Å²) in [6.07, 6.45) is 4.05. The summed E-state index contributed by atoms with van der Waals surface area (Å²) in [7, 11) is -4.08. The Hall–Kier alpha value is -0.760. The van der Waals surface area contributed by atoms with Crippen LogP contribution in [0.4, 0.5) is 0 Å². The normalized spacial score (nSPS) is 31.5. The molecule has 2 unspecified atom stereocenters. The van der Waals surface area contributed by atoms with Crippen molar-refractivity contribution in [3.8, 4) is 0 Å². The first-order valence-corrected chi connectivity index (χ1v) is 11.4. The quantitative estimate of drug-likeness (QED) is 0.683. The van der Waals surface area contributed by atoms with E-state index in [0.29, 0.717) is 18.9 Å². The van der Waals surface area contributed by atoms with Crippen molar-refractivity contribution in [2.45, 2.75) is 52.0 Å². The molecule has 0 spiro atoms. The summed E-state index contributed by atoms with van der Waals surface area (Å²) in [6, 6.07) is 6.75. The van der Waals surface area contributed by atoms with Gasteiger partial charge < -0.3 is 5.73 Å². The smallest absolute Gasteiger partial charge is 0.265 e. The number of ketones is 1. The first kappa shape index (κ1) is 20.0. The predicted octanol–water partition coefficient (Wildman–Crippen LogP) is 3.14. The maximum absolute atomic E-state index is 11.9. The number of benzene rings is 1. The van der Waals surface area contributed by atoms with Crippen molar-refractivity contribution in [2.75, 3.05) is 5.75 Å². The largest absolute Gasteiger partial charge is 0.327 e. The Bertz CT molecular complexity index is 836. The zero-order valence-corrected chi connectivity index (χ0v) is 17.6. The number of hydrogen-bond donors (Lipinski definition) is 2. The van der Waals surface area contributed by atoms with Crippen molar-refractivity contribution >= 4 is 31.8 Å². The van der Waals surface area contributed by atoms with Crippen LogP contribution in [-0.4, -0.2) is 30.5 Å². The molecule has 2 fully saturated rings. The van der Waals surface area contributed by atoms with Gasteiger partial charge in [-0.05, 0) is 60.3 Å². The van der Waals surface area contributed by atoms with Crippen molar-refractivity contribution in [1.29, 1.82) is 0 Å². The standard InChI is InChI=1S/C10H16O4S.C9H10BrN/c1-9(2)7-3-4-10(9,8(11)5-7)6-15(12,13)14;10-8-2-1-6-4-9(11)5-7(6)3-8/h7H,3-6H2,1-2H3,(H,12,13,14);1-3,9H,4-5,11H2/t;9-/m.0/s1. The van der Waals surface area contributed by atoms with Gasteiger partial charge in [0.15, 0.2) is 0 Å². The van der Waals surface area contributed by atoms with Gasteiger partial charge in [-0.2, -0.15) is 8.42 Å². The van der Waals surface area contributed by atoms with Crippen LogP contribution in [0.2, 0.25) is 0 Å². The van der Waals surface area contributed by atoms with Gasteiger partial charge in [0, 0.05) is 16.9 Å². The molecule has 0 aromatic heterocycles. The fourth-order valence-corrected chi connectivity index (χ4v) is 6.75. The van der Waals surface area contributed by atoms with Crippen LogP contribution in [0.5, 0.6) is 0 Å². The number of rotatable bonds is 2. The number of fused-ring (bicyclic) bond motifs is 3. The Morgan fingerprint density at radius 3 is 2.42 bits per heavy atom. The Labute approximate surface area is 163 Å². The average molecular weight is 444 g/mol. The number of carbonyl (C=O) groups excluding carboxylic acids is 1. The molecule has 0 saturated heterocycles. The van der Waals surface area contributed by atoms with E-state index in [2.05, 4.69) is 34.1 Å². The molecule has 2 saturated carbocycles. The zero-order valence-electron chi connectivity index (χ0n) is 15.2. The fraction of sp³-hybridized carbons (Fsp3) is 0.632. The van der Waals surface area contributed by atoms with Gasteiger partial charge in [-0.1, -0.05) is 35.8 Å². The molecule has 7 heteroatoms. The molecule has 4 rings (SSSR count). The molecule has 1 aromatic carbocycles. The highest BCUT2D eigenvalue weighted by Crippen LogP contribution is 2.64. The highest BCUT2D eigenvalue weighted by atomic mass is 79.9. The molecule has 3 atom stereocenters. The number of carbonyl (C=O) groups is 1. The Morgan fingerprint density at radius 2 is 1.88 bits per heavy atom. The Kier molecular flexibility index (Phi) is 5.14. The van der Waals surface area contributed by atoms with Crippen molar-refractivity contribution in [1.82, 2.24) is 0 Å². The van der Waals surface area contributed by atoms with Gasteiger partial charge in [-0.25, -0.2) is 0 Å². The summed E-state index contributed by atoms with van der Waals surface area (Å²) in [5.74, 6) is -0.101. The molecule has 0 heterocycles. The lowest BCUT2D eigenvalue weighted by molar-refractivity contribution is -0.128. The van der Waals surface area contributed by atoms with Gasteiger partial charge in [0.25, 0.3) is 10.1 Å². The van der Waals surface area contributed by atoms with Crippen LogP contribution in [0.3, 0.4) is 0 Å². The van der Waals surface area contributed by atoms with Gasteiger partial charge in [0.1, 0.15) is 5.78 Å². The maximum atomic E-state index is 11.9. The third-order valence-electron chi connectivity index (χ3n) is 6.70. The lowest BCUT2D eigenvalue weighted by atomic mass is 9.70.